The van der Waals surface area contributed by atoms with E-state index in [2.05, 4.69) is 18.7 Å². The largest absolute Gasteiger partial charge is 0.398 e. The SMILES string of the molecule is CCN1CCN(C(=O)Cc2ccccc2N)CC1C. The number of carbonyl (C=O) groups is 1. The summed E-state index contributed by atoms with van der Waals surface area (Å²) in [6.45, 7) is 8.00. The fourth-order valence-electron chi connectivity index (χ4n) is 2.66. The number of amides is 1. The van der Waals surface area contributed by atoms with Gasteiger partial charge < -0.3 is 10.6 Å². The maximum absolute atomic E-state index is 12.3. The maximum atomic E-state index is 12.3. The zero-order valence-electron chi connectivity index (χ0n) is 11.8. The Morgan fingerprint density at radius 3 is 2.74 bits per heavy atom. The number of hydrogen-bond acceptors (Lipinski definition) is 3. The highest BCUT2D eigenvalue weighted by Gasteiger charge is 2.25. The van der Waals surface area contributed by atoms with Crippen molar-refractivity contribution >= 4 is 11.6 Å². The summed E-state index contributed by atoms with van der Waals surface area (Å²) in [6.07, 6.45) is 0.408. The third kappa shape index (κ3) is 3.26. The highest BCUT2D eigenvalue weighted by Crippen LogP contribution is 2.15. The molecule has 0 saturated carbocycles. The van der Waals surface area contributed by atoms with E-state index in [1.165, 1.54) is 0 Å². The minimum Gasteiger partial charge on any atom is -0.398 e. The minimum atomic E-state index is 0.181. The summed E-state index contributed by atoms with van der Waals surface area (Å²) in [7, 11) is 0. The van der Waals surface area contributed by atoms with E-state index in [0.29, 0.717) is 18.2 Å². The normalized spacial score (nSPS) is 20.5. The van der Waals surface area contributed by atoms with E-state index < -0.39 is 0 Å². The maximum Gasteiger partial charge on any atom is 0.227 e. The standard InChI is InChI=1S/C15H23N3O/c1-3-17-8-9-18(11-12(17)2)15(19)10-13-6-4-5-7-14(13)16/h4-7,12H,3,8-11,16H2,1-2H3. The summed E-state index contributed by atoms with van der Waals surface area (Å²) in [5.41, 5.74) is 7.52. The number of para-hydroxylation sites is 1. The number of likely N-dealkylation sites (N-methyl/N-ethyl adjacent to an activating group) is 1. The molecule has 2 rings (SSSR count). The fraction of sp³-hybridized carbons (Fsp3) is 0.533. The zero-order chi connectivity index (χ0) is 13.8. The Kier molecular flexibility index (Phi) is 4.43. The number of anilines is 1. The Labute approximate surface area is 115 Å². The van der Waals surface area contributed by atoms with Gasteiger partial charge in [0.25, 0.3) is 0 Å². The molecular weight excluding hydrogens is 238 g/mol. The van der Waals surface area contributed by atoms with Crippen molar-refractivity contribution in [2.45, 2.75) is 26.3 Å². The number of nitrogen functional groups attached to an aromatic ring is 1. The summed E-state index contributed by atoms with van der Waals surface area (Å²) in [5.74, 6) is 0.181. The number of rotatable bonds is 3. The molecule has 1 atom stereocenters. The Morgan fingerprint density at radius 2 is 2.11 bits per heavy atom. The van der Waals surface area contributed by atoms with Gasteiger partial charge >= 0.3 is 0 Å². The van der Waals surface area contributed by atoms with Crippen LogP contribution in [0.5, 0.6) is 0 Å². The minimum absolute atomic E-state index is 0.181. The van der Waals surface area contributed by atoms with Gasteiger partial charge in [-0.3, -0.25) is 9.69 Å². The number of nitrogens with two attached hydrogens (primary N) is 1. The van der Waals surface area contributed by atoms with E-state index in [-0.39, 0.29) is 5.91 Å². The van der Waals surface area contributed by atoms with Gasteiger partial charge in [0.15, 0.2) is 0 Å². The van der Waals surface area contributed by atoms with Gasteiger partial charge in [-0.05, 0) is 25.1 Å². The fourth-order valence-corrected chi connectivity index (χ4v) is 2.66. The van der Waals surface area contributed by atoms with Crippen LogP contribution in [0.3, 0.4) is 0 Å². The summed E-state index contributed by atoms with van der Waals surface area (Å²) < 4.78 is 0. The first-order valence-corrected chi connectivity index (χ1v) is 6.97. The van der Waals surface area contributed by atoms with E-state index >= 15 is 0 Å². The predicted octanol–water partition coefficient (Wildman–Crippen LogP) is 1.36. The molecule has 1 heterocycles. The lowest BCUT2D eigenvalue weighted by atomic mass is 10.1. The molecule has 1 aromatic rings. The van der Waals surface area contributed by atoms with Gasteiger partial charge in [0.1, 0.15) is 0 Å². The summed E-state index contributed by atoms with van der Waals surface area (Å²) in [4.78, 5) is 16.7. The molecule has 0 bridgehead atoms. The van der Waals surface area contributed by atoms with Crippen LogP contribution in [0, 0.1) is 0 Å². The van der Waals surface area contributed by atoms with Crippen molar-refractivity contribution in [3.63, 3.8) is 0 Å². The first kappa shape index (κ1) is 13.9. The molecule has 1 fully saturated rings. The topological polar surface area (TPSA) is 49.6 Å². The van der Waals surface area contributed by atoms with Crippen LogP contribution < -0.4 is 5.73 Å². The van der Waals surface area contributed by atoms with Gasteiger partial charge in [0.2, 0.25) is 5.91 Å². The van der Waals surface area contributed by atoms with E-state index in [4.69, 9.17) is 5.73 Å². The molecule has 0 radical (unpaired) electrons. The van der Waals surface area contributed by atoms with Crippen molar-refractivity contribution in [3.8, 4) is 0 Å². The third-order valence-corrected chi connectivity index (χ3v) is 3.92. The van der Waals surface area contributed by atoms with Crippen molar-refractivity contribution in [1.82, 2.24) is 9.80 Å². The lowest BCUT2D eigenvalue weighted by molar-refractivity contribution is -0.133. The molecule has 104 valence electrons. The molecular formula is C15H23N3O. The Hall–Kier alpha value is -1.55. The molecule has 4 heteroatoms. The van der Waals surface area contributed by atoms with Crippen LogP contribution in [0.15, 0.2) is 24.3 Å². The number of piperazine rings is 1. The number of carbonyl (C=O) groups excluding carboxylic acids is 1. The van der Waals surface area contributed by atoms with Gasteiger partial charge in [-0.25, -0.2) is 0 Å². The molecule has 0 aliphatic carbocycles. The molecule has 1 unspecified atom stereocenters. The van der Waals surface area contributed by atoms with Crippen LogP contribution in [0.4, 0.5) is 5.69 Å². The quantitative estimate of drug-likeness (QED) is 0.836. The molecule has 1 amide bonds. The summed E-state index contributed by atoms with van der Waals surface area (Å²) >= 11 is 0. The number of benzene rings is 1. The first-order valence-electron chi connectivity index (χ1n) is 6.97. The van der Waals surface area contributed by atoms with Crippen molar-refractivity contribution in [2.75, 3.05) is 31.9 Å². The van der Waals surface area contributed by atoms with Crippen LogP contribution >= 0.6 is 0 Å². The zero-order valence-corrected chi connectivity index (χ0v) is 11.8. The van der Waals surface area contributed by atoms with E-state index in [0.717, 1.165) is 31.7 Å². The monoisotopic (exact) mass is 261 g/mol. The molecule has 0 spiro atoms. The molecule has 1 aliphatic heterocycles. The van der Waals surface area contributed by atoms with Crippen LogP contribution in [0.25, 0.3) is 0 Å². The van der Waals surface area contributed by atoms with E-state index in [1.807, 2.05) is 29.2 Å². The van der Waals surface area contributed by atoms with Crippen molar-refractivity contribution in [3.05, 3.63) is 29.8 Å². The lowest BCUT2D eigenvalue weighted by Gasteiger charge is -2.39. The summed E-state index contributed by atoms with van der Waals surface area (Å²) in [6, 6.07) is 8.04. The third-order valence-electron chi connectivity index (χ3n) is 3.92. The van der Waals surface area contributed by atoms with Crippen LogP contribution in [-0.4, -0.2) is 47.9 Å². The second-order valence-electron chi connectivity index (χ2n) is 5.19. The van der Waals surface area contributed by atoms with E-state index in [1.54, 1.807) is 0 Å². The van der Waals surface area contributed by atoms with Crippen molar-refractivity contribution in [2.24, 2.45) is 0 Å². The number of hydrogen-bond donors (Lipinski definition) is 1. The molecule has 2 N–H and O–H groups in total. The van der Waals surface area contributed by atoms with E-state index in [9.17, 15) is 4.79 Å². The Morgan fingerprint density at radius 1 is 1.37 bits per heavy atom. The number of nitrogens with zero attached hydrogens (tertiary/aromatic N) is 2. The van der Waals surface area contributed by atoms with Gasteiger partial charge in [-0.2, -0.15) is 0 Å². The average Bonchev–Trinajstić information content (AvgIpc) is 2.41. The molecule has 1 aliphatic rings. The summed E-state index contributed by atoms with van der Waals surface area (Å²) in [5, 5.41) is 0. The van der Waals surface area contributed by atoms with Crippen LogP contribution in [0.1, 0.15) is 19.4 Å². The van der Waals surface area contributed by atoms with Crippen LogP contribution in [0.2, 0.25) is 0 Å². The second-order valence-corrected chi connectivity index (χ2v) is 5.19. The highest BCUT2D eigenvalue weighted by atomic mass is 16.2. The predicted molar refractivity (Wildman–Crippen MR) is 77.8 cm³/mol. The first-order chi connectivity index (χ1) is 9.11. The van der Waals surface area contributed by atoms with Gasteiger partial charge in [-0.1, -0.05) is 25.1 Å². The highest BCUT2D eigenvalue weighted by molar-refractivity contribution is 5.80. The van der Waals surface area contributed by atoms with Gasteiger partial charge in [-0.15, -0.1) is 0 Å². The lowest BCUT2D eigenvalue weighted by Crippen LogP contribution is -2.53. The van der Waals surface area contributed by atoms with Crippen molar-refractivity contribution < 1.29 is 4.79 Å². The van der Waals surface area contributed by atoms with Gasteiger partial charge in [0.05, 0.1) is 6.42 Å². The average molecular weight is 261 g/mol. The molecule has 1 saturated heterocycles. The molecule has 1 aromatic carbocycles. The van der Waals surface area contributed by atoms with Gasteiger partial charge in [0, 0.05) is 31.4 Å². The molecule has 0 aromatic heterocycles. The Balaban J connectivity index is 1.96. The Bertz CT molecular complexity index is 447. The van der Waals surface area contributed by atoms with Crippen molar-refractivity contribution in [1.29, 1.82) is 0 Å². The second kappa shape index (κ2) is 6.06. The molecule has 19 heavy (non-hydrogen) atoms. The smallest absolute Gasteiger partial charge is 0.227 e. The van der Waals surface area contributed by atoms with Crippen LogP contribution in [-0.2, 0) is 11.2 Å². The molecule has 4 nitrogen and oxygen atoms in total.